The second-order valence-corrected chi connectivity index (χ2v) is 7.82. The van der Waals surface area contributed by atoms with E-state index in [1.54, 1.807) is 10.9 Å². The number of fused-ring (bicyclic) bond motifs is 1. The van der Waals surface area contributed by atoms with E-state index in [1.165, 1.54) is 4.52 Å². The number of hydrogen-bond acceptors (Lipinski definition) is 7. The summed E-state index contributed by atoms with van der Waals surface area (Å²) >= 11 is 0.808. The van der Waals surface area contributed by atoms with Gasteiger partial charge in [0.05, 0.1) is 18.3 Å². The summed E-state index contributed by atoms with van der Waals surface area (Å²) in [5.41, 5.74) is 1.51. The quantitative estimate of drug-likeness (QED) is 0.655. The summed E-state index contributed by atoms with van der Waals surface area (Å²) in [7, 11) is -4.16. The van der Waals surface area contributed by atoms with E-state index in [4.69, 9.17) is 5.11 Å². The molecular formula is C14H12N4O5S2. The van der Waals surface area contributed by atoms with Crippen LogP contribution in [-0.4, -0.2) is 40.0 Å². The van der Waals surface area contributed by atoms with Crippen LogP contribution in [0.1, 0.15) is 12.8 Å². The zero-order chi connectivity index (χ0) is 18.0. The molecule has 25 heavy (non-hydrogen) atoms. The Bertz CT molecular complexity index is 1010. The molecule has 0 radical (unpaired) electrons. The topological polar surface area (TPSA) is 131 Å². The van der Waals surface area contributed by atoms with Gasteiger partial charge >= 0.3 is 5.97 Å². The van der Waals surface area contributed by atoms with E-state index in [1.807, 2.05) is 30.3 Å². The highest BCUT2D eigenvalue weighted by molar-refractivity contribution is 7.92. The van der Waals surface area contributed by atoms with E-state index in [2.05, 4.69) is 10.1 Å². The van der Waals surface area contributed by atoms with Crippen molar-refractivity contribution in [1.82, 2.24) is 19.3 Å². The predicted molar refractivity (Wildman–Crippen MR) is 88.5 cm³/mol. The van der Waals surface area contributed by atoms with E-state index in [-0.39, 0.29) is 4.34 Å². The second-order valence-electron chi connectivity index (χ2n) is 5.01. The Balaban J connectivity index is 1.80. The van der Waals surface area contributed by atoms with Crippen LogP contribution in [0, 0.1) is 0 Å². The Morgan fingerprint density at radius 2 is 1.92 bits per heavy atom. The van der Waals surface area contributed by atoms with Crippen molar-refractivity contribution in [2.24, 2.45) is 0 Å². The zero-order valence-electron chi connectivity index (χ0n) is 12.6. The number of carboxylic acid groups (broad SMARTS) is 1. The first-order chi connectivity index (χ1) is 11.8. The maximum absolute atomic E-state index is 12.1. The number of nitrogens with one attached hydrogen (secondary N) is 1. The maximum atomic E-state index is 12.1. The number of carbonyl (C=O) groups excluding carboxylic acids is 1. The molecule has 11 heteroatoms. The van der Waals surface area contributed by atoms with Crippen LogP contribution in [0.5, 0.6) is 0 Å². The van der Waals surface area contributed by atoms with Crippen LogP contribution in [-0.2, 0) is 19.6 Å². The number of carboxylic acids is 1. The van der Waals surface area contributed by atoms with Gasteiger partial charge in [0.15, 0.2) is 0 Å². The highest BCUT2D eigenvalue weighted by Crippen LogP contribution is 2.24. The molecule has 0 atom stereocenters. The van der Waals surface area contributed by atoms with Crippen LogP contribution in [0.15, 0.2) is 40.9 Å². The van der Waals surface area contributed by atoms with Crippen LogP contribution in [0.4, 0.5) is 0 Å². The van der Waals surface area contributed by atoms with Crippen molar-refractivity contribution in [1.29, 1.82) is 0 Å². The largest absolute Gasteiger partial charge is 0.481 e. The van der Waals surface area contributed by atoms with Crippen LogP contribution >= 0.6 is 11.3 Å². The number of nitrogens with zero attached hydrogens (tertiary/aromatic N) is 3. The molecular weight excluding hydrogens is 368 g/mol. The Morgan fingerprint density at radius 1 is 1.20 bits per heavy atom. The molecule has 3 rings (SSSR count). The lowest BCUT2D eigenvalue weighted by atomic mass is 10.2. The van der Waals surface area contributed by atoms with Crippen molar-refractivity contribution in [2.75, 3.05) is 0 Å². The number of amides is 1. The van der Waals surface area contributed by atoms with Gasteiger partial charge in [0.1, 0.15) is 0 Å². The standard InChI is InChI=1S/C14H12N4O5S2/c19-11(6-7-12(20)21)17-25(22,23)14-16-18-8-10(15-13(18)24-14)9-4-2-1-3-5-9/h1-5,8H,6-7H2,(H,17,19)(H,20,21). The summed E-state index contributed by atoms with van der Waals surface area (Å²) in [6.07, 6.45) is 0.699. The first kappa shape index (κ1) is 17.0. The van der Waals surface area contributed by atoms with Crippen LogP contribution in [0.25, 0.3) is 16.2 Å². The van der Waals surface area contributed by atoms with E-state index < -0.39 is 34.7 Å². The highest BCUT2D eigenvalue weighted by Gasteiger charge is 2.24. The van der Waals surface area contributed by atoms with E-state index in [0.717, 1.165) is 16.9 Å². The summed E-state index contributed by atoms with van der Waals surface area (Å²) < 4.78 is 27.1. The van der Waals surface area contributed by atoms with E-state index in [0.29, 0.717) is 10.7 Å². The van der Waals surface area contributed by atoms with E-state index in [9.17, 15) is 18.0 Å². The number of rotatable bonds is 6. The van der Waals surface area contributed by atoms with Gasteiger partial charge in [-0.3, -0.25) is 9.59 Å². The summed E-state index contributed by atoms with van der Waals surface area (Å²) in [6, 6.07) is 9.33. The summed E-state index contributed by atoms with van der Waals surface area (Å²) in [5, 5.41) is 12.4. The molecule has 0 bridgehead atoms. The molecule has 0 saturated carbocycles. The summed E-state index contributed by atoms with van der Waals surface area (Å²) in [4.78, 5) is 26.6. The number of aromatic nitrogens is 3. The Morgan fingerprint density at radius 3 is 2.56 bits per heavy atom. The van der Waals surface area contributed by atoms with Gasteiger partial charge in [-0.1, -0.05) is 41.7 Å². The molecule has 0 aliphatic carbocycles. The normalized spacial score (nSPS) is 11.5. The molecule has 2 heterocycles. The fourth-order valence-corrected chi connectivity index (χ4v) is 4.09. The maximum Gasteiger partial charge on any atom is 0.303 e. The van der Waals surface area contributed by atoms with Crippen molar-refractivity contribution >= 4 is 38.2 Å². The lowest BCUT2D eigenvalue weighted by Crippen LogP contribution is -2.30. The third-order valence-corrected chi connectivity index (χ3v) is 5.80. The Labute approximate surface area is 146 Å². The average Bonchev–Trinajstić information content (AvgIpc) is 3.12. The molecule has 0 fully saturated rings. The average molecular weight is 380 g/mol. The van der Waals surface area contributed by atoms with E-state index >= 15 is 0 Å². The third-order valence-electron chi connectivity index (χ3n) is 3.14. The third kappa shape index (κ3) is 3.83. The van der Waals surface area contributed by atoms with Gasteiger partial charge < -0.3 is 5.11 Å². The zero-order valence-corrected chi connectivity index (χ0v) is 14.2. The van der Waals surface area contributed by atoms with Gasteiger partial charge in [0.25, 0.3) is 14.4 Å². The number of sulfonamides is 1. The fourth-order valence-electron chi connectivity index (χ4n) is 2.00. The molecule has 0 saturated heterocycles. The van der Waals surface area contributed by atoms with Gasteiger partial charge in [0.2, 0.25) is 10.9 Å². The van der Waals surface area contributed by atoms with Crippen molar-refractivity contribution in [3.8, 4) is 11.3 Å². The van der Waals surface area contributed by atoms with Gasteiger partial charge in [-0.25, -0.2) is 14.2 Å². The molecule has 2 N–H and O–H groups in total. The molecule has 3 aromatic rings. The number of imidazole rings is 1. The minimum atomic E-state index is -4.16. The van der Waals surface area contributed by atoms with Crippen molar-refractivity contribution in [3.05, 3.63) is 36.5 Å². The minimum absolute atomic E-state index is 0.321. The molecule has 9 nitrogen and oxygen atoms in total. The van der Waals surface area contributed by atoms with Crippen molar-refractivity contribution < 1.29 is 23.1 Å². The highest BCUT2D eigenvalue weighted by atomic mass is 32.2. The van der Waals surface area contributed by atoms with Crippen molar-refractivity contribution in [2.45, 2.75) is 17.2 Å². The Kier molecular flexibility index (Phi) is 4.51. The molecule has 0 unspecified atom stereocenters. The van der Waals surface area contributed by atoms with Gasteiger partial charge in [-0.2, -0.15) is 8.42 Å². The number of hydrogen-bond donors (Lipinski definition) is 2. The smallest absolute Gasteiger partial charge is 0.303 e. The van der Waals surface area contributed by atoms with Gasteiger partial charge in [-0.05, 0) is 0 Å². The Hall–Kier alpha value is -2.79. The number of benzene rings is 1. The van der Waals surface area contributed by atoms with Crippen molar-refractivity contribution in [3.63, 3.8) is 0 Å². The summed E-state index contributed by atoms with van der Waals surface area (Å²) in [5.74, 6) is -2.09. The molecule has 1 aromatic carbocycles. The predicted octanol–water partition coefficient (Wildman–Crippen LogP) is 1.13. The molecule has 0 spiro atoms. The van der Waals surface area contributed by atoms with Crippen LogP contribution in [0.2, 0.25) is 0 Å². The second kappa shape index (κ2) is 6.61. The molecule has 130 valence electrons. The minimum Gasteiger partial charge on any atom is -0.481 e. The SMILES string of the molecule is O=C(O)CCC(=O)NS(=O)(=O)c1nn2cc(-c3ccccc3)nc2s1. The lowest BCUT2D eigenvalue weighted by molar-refractivity contribution is -0.138. The van der Waals surface area contributed by atoms with Crippen LogP contribution < -0.4 is 4.72 Å². The summed E-state index contributed by atoms with van der Waals surface area (Å²) in [6.45, 7) is 0. The van der Waals surface area contributed by atoms with Gasteiger partial charge in [0, 0.05) is 12.0 Å². The monoisotopic (exact) mass is 380 g/mol. The first-order valence-corrected chi connectivity index (χ1v) is 9.34. The number of carbonyl (C=O) groups is 2. The molecule has 2 aromatic heterocycles. The molecule has 0 aliphatic heterocycles. The molecule has 0 aliphatic rings. The first-order valence-electron chi connectivity index (χ1n) is 7.04. The number of aliphatic carboxylic acids is 1. The fraction of sp³-hybridized carbons (Fsp3) is 0.143. The lowest BCUT2D eigenvalue weighted by Gasteiger charge is -2.02. The van der Waals surface area contributed by atoms with Gasteiger partial charge in [-0.15, -0.1) is 5.10 Å². The molecule has 1 amide bonds. The van der Waals surface area contributed by atoms with Crippen LogP contribution in [0.3, 0.4) is 0 Å².